The fourth-order valence-electron chi connectivity index (χ4n) is 3.69. The lowest BCUT2D eigenvalue weighted by Crippen LogP contribution is -2.40. The van der Waals surface area contributed by atoms with Crippen molar-refractivity contribution in [1.29, 1.82) is 0 Å². The van der Waals surface area contributed by atoms with Crippen molar-refractivity contribution in [3.05, 3.63) is 93.9 Å². The van der Waals surface area contributed by atoms with Gasteiger partial charge >= 0.3 is 0 Å². The molecule has 0 unspecified atom stereocenters. The lowest BCUT2D eigenvalue weighted by Gasteiger charge is -2.34. The number of nitrogens with zero attached hydrogens (tertiary/aromatic N) is 2. The van der Waals surface area contributed by atoms with Gasteiger partial charge in [0, 0.05) is 31.8 Å². The summed E-state index contributed by atoms with van der Waals surface area (Å²) in [5, 5.41) is 10.8. The van der Waals surface area contributed by atoms with E-state index in [-0.39, 0.29) is 23.2 Å². The van der Waals surface area contributed by atoms with Crippen LogP contribution in [0.25, 0.3) is 0 Å². The number of hydrogen-bond donors (Lipinski definition) is 1. The first-order valence-corrected chi connectivity index (χ1v) is 11.0. The molecule has 4 rings (SSSR count). The van der Waals surface area contributed by atoms with Crippen LogP contribution in [0.4, 0.5) is 5.69 Å². The second-order valence-corrected chi connectivity index (χ2v) is 8.89. The monoisotopic (exact) mass is 427 g/mol. The Morgan fingerprint density at radius 1 is 1.07 bits per heavy atom. The number of furan rings is 1. The number of nitrogens with one attached hydrogen (secondary N) is 1. The Bertz CT molecular complexity index is 1130. The van der Waals surface area contributed by atoms with Gasteiger partial charge in [-0.15, -0.1) is 0 Å². The average Bonchev–Trinajstić information content (AvgIpc) is 3.28. The van der Waals surface area contributed by atoms with Crippen LogP contribution in [0.1, 0.15) is 22.9 Å². The molecule has 0 saturated heterocycles. The minimum atomic E-state index is -3.83. The van der Waals surface area contributed by atoms with Crippen molar-refractivity contribution in [2.75, 3.05) is 13.1 Å². The van der Waals surface area contributed by atoms with Crippen LogP contribution in [0.5, 0.6) is 0 Å². The molecule has 1 aromatic heterocycles. The molecular formula is C21H21N3O5S. The lowest BCUT2D eigenvalue weighted by molar-refractivity contribution is -0.384. The minimum absolute atomic E-state index is 0.0183. The summed E-state index contributed by atoms with van der Waals surface area (Å²) < 4.78 is 33.7. The van der Waals surface area contributed by atoms with E-state index in [1.807, 2.05) is 18.2 Å². The Morgan fingerprint density at radius 3 is 2.47 bits per heavy atom. The Balaban J connectivity index is 1.52. The van der Waals surface area contributed by atoms with Crippen LogP contribution in [-0.2, 0) is 23.0 Å². The maximum absolute atomic E-state index is 12.7. The molecular weight excluding hydrogens is 406 g/mol. The van der Waals surface area contributed by atoms with Gasteiger partial charge in [-0.1, -0.05) is 24.3 Å². The summed E-state index contributed by atoms with van der Waals surface area (Å²) in [6.45, 7) is 1.59. The molecule has 0 radical (unpaired) electrons. The third-order valence-electron chi connectivity index (χ3n) is 5.30. The predicted octanol–water partition coefficient (Wildman–Crippen LogP) is 3.27. The number of sulfonamides is 1. The first kappa shape index (κ1) is 20.3. The Kier molecular flexibility index (Phi) is 5.67. The fourth-order valence-corrected chi connectivity index (χ4v) is 4.73. The highest BCUT2D eigenvalue weighted by molar-refractivity contribution is 7.89. The normalized spacial score (nSPS) is 15.5. The highest BCUT2D eigenvalue weighted by Crippen LogP contribution is 2.28. The van der Waals surface area contributed by atoms with Crippen LogP contribution in [0, 0.1) is 10.1 Å². The van der Waals surface area contributed by atoms with E-state index in [0.717, 1.165) is 13.0 Å². The van der Waals surface area contributed by atoms with Crippen LogP contribution >= 0.6 is 0 Å². The molecule has 156 valence electrons. The van der Waals surface area contributed by atoms with Gasteiger partial charge < -0.3 is 4.42 Å². The van der Waals surface area contributed by atoms with Gasteiger partial charge in [-0.3, -0.25) is 15.0 Å². The summed E-state index contributed by atoms with van der Waals surface area (Å²) in [6, 6.07) is 16.4. The first-order chi connectivity index (χ1) is 14.4. The van der Waals surface area contributed by atoms with Gasteiger partial charge in [0.1, 0.15) is 5.76 Å². The molecule has 3 aromatic rings. The second-order valence-electron chi connectivity index (χ2n) is 7.12. The Morgan fingerprint density at radius 2 is 1.80 bits per heavy atom. The molecule has 1 aliphatic heterocycles. The Labute approximate surface area is 174 Å². The molecule has 2 heterocycles. The molecule has 0 fully saturated rings. The number of benzene rings is 2. The SMILES string of the molecule is O=[N+]([O-])c1ccc(S(=O)(=O)NC[C@H](c2ccco2)N2CCc3ccccc3C2)cc1. The molecule has 8 nitrogen and oxygen atoms in total. The Hall–Kier alpha value is -3.01. The van der Waals surface area contributed by atoms with Crippen molar-refractivity contribution >= 4 is 15.7 Å². The van der Waals surface area contributed by atoms with E-state index in [1.54, 1.807) is 12.3 Å². The molecule has 2 aromatic carbocycles. The van der Waals surface area contributed by atoms with E-state index in [9.17, 15) is 18.5 Å². The highest BCUT2D eigenvalue weighted by atomic mass is 32.2. The summed E-state index contributed by atoms with van der Waals surface area (Å²) in [5.74, 6) is 0.681. The van der Waals surface area contributed by atoms with Crippen molar-refractivity contribution < 1.29 is 17.8 Å². The smallest absolute Gasteiger partial charge is 0.269 e. The standard InChI is InChI=1S/C21H21N3O5S/c25-24(26)18-7-9-19(10-8-18)30(27,28)22-14-20(21-6-3-13-29-21)23-12-11-16-4-1-2-5-17(16)15-23/h1-10,13,20,22H,11-12,14-15H2/t20-/m1/s1. The molecule has 9 heteroatoms. The maximum atomic E-state index is 12.7. The summed E-state index contributed by atoms with van der Waals surface area (Å²) in [5.41, 5.74) is 2.37. The van der Waals surface area contributed by atoms with E-state index in [1.165, 1.54) is 35.4 Å². The van der Waals surface area contributed by atoms with Crippen molar-refractivity contribution in [2.24, 2.45) is 0 Å². The zero-order valence-electron chi connectivity index (χ0n) is 16.1. The van der Waals surface area contributed by atoms with Crippen molar-refractivity contribution in [1.82, 2.24) is 9.62 Å². The number of non-ortho nitro benzene ring substituents is 1. The number of fused-ring (bicyclic) bond motifs is 1. The lowest BCUT2D eigenvalue weighted by atomic mass is 9.98. The van der Waals surface area contributed by atoms with Crippen LogP contribution < -0.4 is 4.72 Å². The second kappa shape index (κ2) is 8.39. The molecule has 1 N–H and O–H groups in total. The van der Waals surface area contributed by atoms with E-state index in [0.29, 0.717) is 12.3 Å². The van der Waals surface area contributed by atoms with E-state index >= 15 is 0 Å². The van der Waals surface area contributed by atoms with Gasteiger partial charge in [-0.05, 0) is 41.8 Å². The van der Waals surface area contributed by atoms with E-state index in [2.05, 4.69) is 21.8 Å². The summed E-state index contributed by atoms with van der Waals surface area (Å²) in [6.07, 6.45) is 2.45. The molecule has 0 aliphatic carbocycles. The summed E-state index contributed by atoms with van der Waals surface area (Å²) in [7, 11) is -3.83. The van der Waals surface area contributed by atoms with Gasteiger partial charge in [0.05, 0.1) is 22.1 Å². The van der Waals surface area contributed by atoms with E-state index < -0.39 is 14.9 Å². The zero-order chi connectivity index (χ0) is 21.1. The largest absolute Gasteiger partial charge is 0.468 e. The van der Waals surface area contributed by atoms with Gasteiger partial charge in [0.25, 0.3) is 5.69 Å². The maximum Gasteiger partial charge on any atom is 0.269 e. The molecule has 1 aliphatic rings. The molecule has 30 heavy (non-hydrogen) atoms. The summed E-state index contributed by atoms with van der Waals surface area (Å²) >= 11 is 0. The van der Waals surface area contributed by atoms with Crippen molar-refractivity contribution in [3.63, 3.8) is 0 Å². The number of nitro groups is 1. The van der Waals surface area contributed by atoms with Crippen molar-refractivity contribution in [2.45, 2.75) is 23.9 Å². The van der Waals surface area contributed by atoms with Gasteiger partial charge in [-0.25, -0.2) is 13.1 Å². The number of hydrogen-bond acceptors (Lipinski definition) is 6. The average molecular weight is 427 g/mol. The first-order valence-electron chi connectivity index (χ1n) is 9.52. The van der Waals surface area contributed by atoms with E-state index in [4.69, 9.17) is 4.42 Å². The van der Waals surface area contributed by atoms with Crippen LogP contribution in [0.2, 0.25) is 0 Å². The zero-order valence-corrected chi connectivity index (χ0v) is 16.9. The third kappa shape index (κ3) is 4.28. The highest BCUT2D eigenvalue weighted by Gasteiger charge is 2.28. The predicted molar refractivity (Wildman–Crippen MR) is 110 cm³/mol. The van der Waals surface area contributed by atoms with Gasteiger partial charge in [-0.2, -0.15) is 0 Å². The molecule has 0 bridgehead atoms. The number of nitro benzene ring substituents is 1. The van der Waals surface area contributed by atoms with Gasteiger partial charge in [0.2, 0.25) is 10.0 Å². The molecule has 1 atom stereocenters. The topological polar surface area (TPSA) is 106 Å². The van der Waals surface area contributed by atoms with Crippen LogP contribution in [0.15, 0.2) is 76.2 Å². The van der Waals surface area contributed by atoms with Crippen LogP contribution in [0.3, 0.4) is 0 Å². The van der Waals surface area contributed by atoms with Gasteiger partial charge in [0.15, 0.2) is 0 Å². The molecule has 0 amide bonds. The quantitative estimate of drug-likeness (QED) is 0.458. The third-order valence-corrected chi connectivity index (χ3v) is 6.74. The summed E-state index contributed by atoms with van der Waals surface area (Å²) in [4.78, 5) is 12.4. The van der Waals surface area contributed by atoms with Crippen molar-refractivity contribution in [3.8, 4) is 0 Å². The van der Waals surface area contributed by atoms with Crippen LogP contribution in [-0.4, -0.2) is 31.3 Å². The number of rotatable bonds is 7. The fraction of sp³-hybridized carbons (Fsp3) is 0.238. The minimum Gasteiger partial charge on any atom is -0.468 e. The molecule has 0 spiro atoms. The molecule has 0 saturated carbocycles.